The third-order valence-corrected chi connectivity index (χ3v) is 5.90. The van der Waals surface area contributed by atoms with Gasteiger partial charge in [0.1, 0.15) is 23.9 Å². The second kappa shape index (κ2) is 16.7. The maximum absolute atomic E-state index is 12.8. The first kappa shape index (κ1) is 29.6. The van der Waals surface area contributed by atoms with E-state index >= 15 is 0 Å². The van der Waals surface area contributed by atoms with Crippen molar-refractivity contribution in [3.8, 4) is 17.2 Å². The van der Waals surface area contributed by atoms with Crippen LogP contribution in [-0.2, 0) is 18.9 Å². The zero-order chi connectivity index (χ0) is 28.4. The van der Waals surface area contributed by atoms with E-state index in [1.807, 2.05) is 97.1 Å². The Kier molecular flexibility index (Phi) is 12.0. The van der Waals surface area contributed by atoms with Crippen molar-refractivity contribution in [1.82, 2.24) is 0 Å². The van der Waals surface area contributed by atoms with Crippen LogP contribution >= 0.6 is 0 Å². The highest BCUT2D eigenvalue weighted by molar-refractivity contribution is 5.89. The molecule has 0 saturated carbocycles. The predicted molar refractivity (Wildman–Crippen MR) is 153 cm³/mol. The molecule has 0 aliphatic carbocycles. The van der Waals surface area contributed by atoms with Crippen molar-refractivity contribution >= 4 is 5.97 Å². The van der Waals surface area contributed by atoms with Gasteiger partial charge in [-0.15, -0.1) is 0 Å². The molecule has 0 N–H and O–H groups in total. The summed E-state index contributed by atoms with van der Waals surface area (Å²) in [6, 6.07) is 36.8. The summed E-state index contributed by atoms with van der Waals surface area (Å²) in [4.78, 5) is 12.8. The minimum atomic E-state index is -0.898. The van der Waals surface area contributed by atoms with Crippen LogP contribution in [0.1, 0.15) is 10.4 Å². The molecular formula is C33H34O8. The number of hydrogen-bond acceptors (Lipinski definition) is 8. The first-order valence-electron chi connectivity index (χ1n) is 13.2. The molecule has 0 aliphatic heterocycles. The van der Waals surface area contributed by atoms with Crippen LogP contribution in [0.15, 0.2) is 121 Å². The zero-order valence-corrected chi connectivity index (χ0v) is 22.8. The molecule has 0 fully saturated rings. The molecule has 0 atom stereocenters. The normalized spacial score (nSPS) is 11.0. The van der Waals surface area contributed by atoms with Gasteiger partial charge in [0.15, 0.2) is 20.4 Å². The Bertz CT molecular complexity index is 1140. The summed E-state index contributed by atoms with van der Waals surface area (Å²) in [6.07, 6.45) is 0. The summed E-state index contributed by atoms with van der Waals surface area (Å²) < 4.78 is 40.6. The van der Waals surface area contributed by atoms with Crippen LogP contribution in [0, 0.1) is 5.41 Å². The van der Waals surface area contributed by atoms with Gasteiger partial charge in [-0.25, -0.2) is 4.79 Å². The number of para-hydroxylation sites is 3. The molecule has 4 aromatic rings. The molecule has 8 nitrogen and oxygen atoms in total. The van der Waals surface area contributed by atoms with E-state index in [4.69, 9.17) is 33.2 Å². The smallest absolute Gasteiger partial charge is 0.338 e. The molecule has 0 saturated heterocycles. The second-order valence-electron chi connectivity index (χ2n) is 9.21. The Morgan fingerprint density at radius 3 is 1.17 bits per heavy atom. The molecule has 0 aliphatic rings. The average molecular weight is 559 g/mol. The lowest BCUT2D eigenvalue weighted by Gasteiger charge is -2.32. The topological polar surface area (TPSA) is 81.7 Å². The van der Waals surface area contributed by atoms with Crippen molar-refractivity contribution in [2.45, 2.75) is 0 Å². The van der Waals surface area contributed by atoms with E-state index in [0.29, 0.717) is 22.8 Å². The molecule has 41 heavy (non-hydrogen) atoms. The number of carbonyl (C=O) groups excluding carboxylic acids is 1. The minimum Gasteiger partial charge on any atom is -0.468 e. The lowest BCUT2D eigenvalue weighted by atomic mass is 9.92. The Labute approximate surface area is 240 Å². The molecule has 0 heterocycles. The fraction of sp³-hybridized carbons (Fsp3) is 0.242. The standard InChI is InChI=1S/C33H34O8/c34-32(28-13-5-1-6-14-28)38-24-33(21-35-25-39-29-15-7-2-8-16-29,22-36-26-40-30-17-9-3-10-18-30)23-37-27-41-31-19-11-4-12-20-31/h1-20H,21-27H2. The van der Waals surface area contributed by atoms with Gasteiger partial charge < -0.3 is 33.2 Å². The molecule has 4 rings (SSSR count). The highest BCUT2D eigenvalue weighted by Crippen LogP contribution is 2.23. The maximum Gasteiger partial charge on any atom is 0.338 e. The van der Waals surface area contributed by atoms with Crippen LogP contribution in [0.5, 0.6) is 17.2 Å². The maximum atomic E-state index is 12.8. The lowest BCUT2D eigenvalue weighted by molar-refractivity contribution is -0.139. The summed E-state index contributed by atoms with van der Waals surface area (Å²) in [6.45, 7) is 0.247. The van der Waals surface area contributed by atoms with Gasteiger partial charge in [0.25, 0.3) is 0 Å². The Balaban J connectivity index is 1.41. The lowest BCUT2D eigenvalue weighted by Crippen LogP contribution is -2.43. The van der Waals surface area contributed by atoms with Gasteiger partial charge in [-0.1, -0.05) is 72.8 Å². The number of benzene rings is 4. The Hall–Kier alpha value is -4.37. The van der Waals surface area contributed by atoms with Crippen LogP contribution in [0.2, 0.25) is 0 Å². The van der Waals surface area contributed by atoms with Crippen LogP contribution in [0.4, 0.5) is 0 Å². The fourth-order valence-electron chi connectivity index (χ4n) is 3.78. The summed E-state index contributed by atoms with van der Waals surface area (Å²) in [5.74, 6) is 1.56. The molecule has 0 spiro atoms. The molecule has 4 aromatic carbocycles. The van der Waals surface area contributed by atoms with Gasteiger partial charge in [0.05, 0.1) is 30.8 Å². The van der Waals surface area contributed by atoms with Crippen molar-refractivity contribution < 1.29 is 38.0 Å². The van der Waals surface area contributed by atoms with E-state index in [1.54, 1.807) is 24.3 Å². The van der Waals surface area contributed by atoms with Gasteiger partial charge in [-0.05, 0) is 48.5 Å². The largest absolute Gasteiger partial charge is 0.468 e. The number of ether oxygens (including phenoxy) is 7. The van der Waals surface area contributed by atoms with Gasteiger partial charge in [-0.3, -0.25) is 0 Å². The number of hydrogen-bond donors (Lipinski definition) is 0. The number of carbonyl (C=O) groups is 1. The van der Waals surface area contributed by atoms with E-state index in [2.05, 4.69) is 0 Å². The van der Waals surface area contributed by atoms with E-state index in [1.165, 1.54) is 0 Å². The summed E-state index contributed by atoms with van der Waals surface area (Å²) in [7, 11) is 0. The van der Waals surface area contributed by atoms with Crippen molar-refractivity contribution in [3.63, 3.8) is 0 Å². The zero-order valence-electron chi connectivity index (χ0n) is 22.8. The highest BCUT2D eigenvalue weighted by Gasteiger charge is 2.34. The molecule has 8 heteroatoms. The highest BCUT2D eigenvalue weighted by atomic mass is 16.7. The van der Waals surface area contributed by atoms with Crippen molar-refractivity contribution in [2.24, 2.45) is 5.41 Å². The first-order valence-corrected chi connectivity index (χ1v) is 13.2. The first-order chi connectivity index (χ1) is 20.2. The molecule has 0 radical (unpaired) electrons. The van der Waals surface area contributed by atoms with Crippen molar-refractivity contribution in [1.29, 1.82) is 0 Å². The summed E-state index contributed by atoms with van der Waals surface area (Å²) in [5.41, 5.74) is -0.457. The van der Waals surface area contributed by atoms with Gasteiger partial charge in [-0.2, -0.15) is 0 Å². The van der Waals surface area contributed by atoms with Crippen molar-refractivity contribution in [2.75, 3.05) is 46.8 Å². The quantitative estimate of drug-likeness (QED) is 0.0837. The van der Waals surface area contributed by atoms with Crippen LogP contribution in [0.25, 0.3) is 0 Å². The van der Waals surface area contributed by atoms with Gasteiger partial charge in [0.2, 0.25) is 0 Å². The molecule has 0 bridgehead atoms. The van der Waals surface area contributed by atoms with Gasteiger partial charge >= 0.3 is 5.97 Å². The van der Waals surface area contributed by atoms with Crippen molar-refractivity contribution in [3.05, 3.63) is 127 Å². The summed E-state index contributed by atoms with van der Waals surface area (Å²) in [5, 5.41) is 0. The predicted octanol–water partition coefficient (Wildman–Crippen LogP) is 5.99. The third kappa shape index (κ3) is 10.6. The SMILES string of the molecule is O=C(OCC(COCOc1ccccc1)(COCOc1ccccc1)COCOc1ccccc1)c1ccccc1. The molecular weight excluding hydrogens is 524 g/mol. The molecule has 0 amide bonds. The Morgan fingerprint density at radius 1 is 0.463 bits per heavy atom. The molecule has 0 aromatic heterocycles. The second-order valence-corrected chi connectivity index (χ2v) is 9.21. The van der Waals surface area contributed by atoms with Crippen LogP contribution in [0.3, 0.4) is 0 Å². The molecule has 214 valence electrons. The van der Waals surface area contributed by atoms with E-state index in [-0.39, 0.29) is 46.8 Å². The average Bonchev–Trinajstić information content (AvgIpc) is 3.04. The van der Waals surface area contributed by atoms with Gasteiger partial charge in [0, 0.05) is 0 Å². The third-order valence-electron chi connectivity index (χ3n) is 5.90. The van der Waals surface area contributed by atoms with Crippen LogP contribution in [-0.4, -0.2) is 52.8 Å². The minimum absolute atomic E-state index is 0.0145. The van der Waals surface area contributed by atoms with Crippen LogP contribution < -0.4 is 14.2 Å². The molecule has 0 unspecified atom stereocenters. The number of rotatable bonds is 18. The van der Waals surface area contributed by atoms with E-state index < -0.39 is 11.4 Å². The fourth-order valence-corrected chi connectivity index (χ4v) is 3.78. The monoisotopic (exact) mass is 558 g/mol. The van der Waals surface area contributed by atoms with E-state index in [9.17, 15) is 4.79 Å². The summed E-state index contributed by atoms with van der Waals surface area (Å²) >= 11 is 0. The van der Waals surface area contributed by atoms with E-state index in [0.717, 1.165) is 0 Å². The number of esters is 1. The Morgan fingerprint density at radius 2 is 0.805 bits per heavy atom.